The van der Waals surface area contributed by atoms with Crippen molar-refractivity contribution in [3.05, 3.63) is 35.9 Å². The van der Waals surface area contributed by atoms with E-state index < -0.39 is 16.1 Å². The molecule has 1 fully saturated rings. The fourth-order valence-corrected chi connectivity index (χ4v) is 3.61. The van der Waals surface area contributed by atoms with E-state index in [-0.39, 0.29) is 18.9 Å². The molecule has 2 rings (SSSR count). The fraction of sp³-hybridized carbons (Fsp3) is 0.462. The molecule has 1 aromatic rings. The number of hydrogen-bond acceptors (Lipinski definition) is 4. The molecule has 1 aliphatic heterocycles. The maximum atomic E-state index is 12.2. The molecule has 1 aromatic carbocycles. The fourth-order valence-electron chi connectivity index (χ4n) is 2.03. The highest BCUT2D eigenvalue weighted by Gasteiger charge is 2.32. The molecule has 1 atom stereocenters. The quantitative estimate of drug-likeness (QED) is 0.817. The van der Waals surface area contributed by atoms with Crippen LogP contribution in [0.3, 0.4) is 0 Å². The Morgan fingerprint density at radius 1 is 1.37 bits per heavy atom. The molecule has 1 saturated heterocycles. The summed E-state index contributed by atoms with van der Waals surface area (Å²) in [6, 6.07) is 10.7. The summed E-state index contributed by atoms with van der Waals surface area (Å²) in [5, 5.41) is 8.97. The van der Waals surface area contributed by atoms with Crippen molar-refractivity contribution in [2.75, 3.05) is 25.5 Å². The van der Waals surface area contributed by atoms with Crippen LogP contribution in [0, 0.1) is 11.3 Å². The van der Waals surface area contributed by atoms with Crippen LogP contribution >= 0.6 is 0 Å². The first kappa shape index (κ1) is 14.0. The monoisotopic (exact) mass is 280 g/mol. The van der Waals surface area contributed by atoms with Gasteiger partial charge in [-0.1, -0.05) is 30.3 Å². The van der Waals surface area contributed by atoms with Crippen molar-refractivity contribution in [2.24, 2.45) is 0 Å². The van der Waals surface area contributed by atoms with E-state index in [0.717, 1.165) is 5.56 Å². The number of hydrogen-bond donors (Lipinski definition) is 0. The molecule has 0 bridgehead atoms. The van der Waals surface area contributed by atoms with Gasteiger partial charge < -0.3 is 4.74 Å². The van der Waals surface area contributed by atoms with Crippen molar-refractivity contribution in [1.82, 2.24) is 4.31 Å². The lowest BCUT2D eigenvalue weighted by Gasteiger charge is -2.30. The van der Waals surface area contributed by atoms with E-state index in [1.165, 1.54) is 4.31 Å². The normalized spacial score (nSPS) is 20.9. The van der Waals surface area contributed by atoms with E-state index in [1.807, 2.05) is 36.4 Å². The minimum atomic E-state index is -3.41. The van der Waals surface area contributed by atoms with Crippen LogP contribution in [0.4, 0.5) is 0 Å². The Morgan fingerprint density at radius 2 is 2.11 bits per heavy atom. The zero-order valence-corrected chi connectivity index (χ0v) is 11.3. The Bertz CT molecular complexity index is 551. The van der Waals surface area contributed by atoms with E-state index in [1.54, 1.807) is 0 Å². The number of nitrogens with zero attached hydrogens (tertiary/aromatic N) is 2. The molecule has 0 unspecified atom stereocenters. The van der Waals surface area contributed by atoms with Crippen LogP contribution in [0.2, 0.25) is 0 Å². The Morgan fingerprint density at radius 3 is 2.79 bits per heavy atom. The minimum absolute atomic E-state index is 0.0230. The molecule has 0 spiro atoms. The third-order valence-electron chi connectivity index (χ3n) is 3.08. The number of morpholine rings is 1. The summed E-state index contributed by atoms with van der Waals surface area (Å²) in [6.45, 7) is 0.763. The predicted molar refractivity (Wildman–Crippen MR) is 70.9 cm³/mol. The first-order valence-electron chi connectivity index (χ1n) is 6.14. The van der Waals surface area contributed by atoms with E-state index in [4.69, 9.17) is 10.00 Å². The molecule has 1 heterocycles. The minimum Gasteiger partial charge on any atom is -0.377 e. The van der Waals surface area contributed by atoms with E-state index in [0.29, 0.717) is 13.0 Å². The van der Waals surface area contributed by atoms with Crippen molar-refractivity contribution in [3.63, 3.8) is 0 Å². The third kappa shape index (κ3) is 3.53. The van der Waals surface area contributed by atoms with Crippen molar-refractivity contribution < 1.29 is 13.2 Å². The summed E-state index contributed by atoms with van der Waals surface area (Å²) in [5.74, 6) is 0.0230. The Balaban J connectivity index is 2.03. The molecular formula is C13H16N2O3S. The lowest BCUT2D eigenvalue weighted by atomic mass is 10.2. The molecule has 0 aliphatic carbocycles. The van der Waals surface area contributed by atoms with Gasteiger partial charge in [0.05, 0.1) is 25.0 Å². The molecular weight excluding hydrogens is 264 g/mol. The number of aryl methyl sites for hydroxylation is 1. The van der Waals surface area contributed by atoms with Gasteiger partial charge in [0.2, 0.25) is 10.0 Å². The summed E-state index contributed by atoms with van der Waals surface area (Å²) in [6.07, 6.45) is 0.457. The summed E-state index contributed by atoms with van der Waals surface area (Å²) in [5.41, 5.74) is 0.979. The summed E-state index contributed by atoms with van der Waals surface area (Å²) < 4.78 is 30.9. The van der Waals surface area contributed by atoms with Gasteiger partial charge in [-0.2, -0.15) is 9.57 Å². The van der Waals surface area contributed by atoms with Gasteiger partial charge in [-0.15, -0.1) is 0 Å². The first-order valence-corrected chi connectivity index (χ1v) is 7.75. The van der Waals surface area contributed by atoms with Crippen LogP contribution in [0.25, 0.3) is 0 Å². The molecule has 1 aliphatic rings. The van der Waals surface area contributed by atoms with Gasteiger partial charge >= 0.3 is 0 Å². The van der Waals surface area contributed by atoms with Crippen LogP contribution in [0.1, 0.15) is 5.56 Å². The zero-order valence-electron chi connectivity index (χ0n) is 10.5. The number of sulfonamides is 1. The largest absolute Gasteiger partial charge is 0.377 e. The molecule has 0 radical (unpaired) electrons. The van der Waals surface area contributed by atoms with Gasteiger partial charge in [0.1, 0.15) is 6.04 Å². The number of rotatable bonds is 4. The lowest BCUT2D eigenvalue weighted by molar-refractivity contribution is 0.0512. The Labute approximate surface area is 113 Å². The van der Waals surface area contributed by atoms with Crippen LogP contribution in [-0.4, -0.2) is 44.3 Å². The van der Waals surface area contributed by atoms with Crippen LogP contribution in [0.15, 0.2) is 30.3 Å². The van der Waals surface area contributed by atoms with E-state index in [9.17, 15) is 8.42 Å². The maximum absolute atomic E-state index is 12.2. The second-order valence-corrected chi connectivity index (χ2v) is 6.42. The standard InChI is InChI=1S/C13H16N2O3S/c14-10-13-11-18-8-7-15(13)19(16,17)9-6-12-4-2-1-3-5-12/h1-5,13H,6-9,11H2/t13-/m0/s1. The van der Waals surface area contributed by atoms with Gasteiger partial charge in [-0.25, -0.2) is 8.42 Å². The SMILES string of the molecule is N#C[C@H]1COCCN1S(=O)(=O)CCc1ccccc1. The number of ether oxygens (including phenoxy) is 1. The first-order chi connectivity index (χ1) is 9.13. The molecule has 5 nitrogen and oxygen atoms in total. The number of nitriles is 1. The number of benzene rings is 1. The van der Waals surface area contributed by atoms with Gasteiger partial charge in [-0.3, -0.25) is 0 Å². The Hall–Kier alpha value is -1.42. The Kier molecular flexibility index (Phi) is 4.53. The summed E-state index contributed by atoms with van der Waals surface area (Å²) in [4.78, 5) is 0. The second kappa shape index (κ2) is 6.15. The van der Waals surface area contributed by atoms with Crippen LogP contribution in [-0.2, 0) is 21.2 Å². The average Bonchev–Trinajstić information content (AvgIpc) is 2.46. The van der Waals surface area contributed by atoms with Crippen molar-refractivity contribution >= 4 is 10.0 Å². The van der Waals surface area contributed by atoms with Gasteiger partial charge in [0.15, 0.2) is 0 Å². The molecule has 0 aromatic heterocycles. The smallest absolute Gasteiger partial charge is 0.215 e. The second-order valence-electron chi connectivity index (χ2n) is 4.38. The lowest BCUT2D eigenvalue weighted by Crippen LogP contribution is -2.48. The highest BCUT2D eigenvalue weighted by atomic mass is 32.2. The van der Waals surface area contributed by atoms with Crippen molar-refractivity contribution in [2.45, 2.75) is 12.5 Å². The average molecular weight is 280 g/mol. The van der Waals surface area contributed by atoms with Crippen LogP contribution < -0.4 is 0 Å². The molecule has 0 N–H and O–H groups in total. The molecule has 102 valence electrons. The van der Waals surface area contributed by atoms with Gasteiger partial charge in [0, 0.05) is 6.54 Å². The van der Waals surface area contributed by atoms with Crippen LogP contribution in [0.5, 0.6) is 0 Å². The van der Waals surface area contributed by atoms with E-state index >= 15 is 0 Å². The molecule has 0 amide bonds. The van der Waals surface area contributed by atoms with Crippen molar-refractivity contribution in [3.8, 4) is 6.07 Å². The third-order valence-corrected chi connectivity index (χ3v) is 4.95. The van der Waals surface area contributed by atoms with Crippen molar-refractivity contribution in [1.29, 1.82) is 5.26 Å². The summed E-state index contributed by atoms with van der Waals surface area (Å²) in [7, 11) is -3.41. The predicted octanol–water partition coefficient (Wildman–Crippen LogP) is 0.783. The molecule has 19 heavy (non-hydrogen) atoms. The highest BCUT2D eigenvalue weighted by molar-refractivity contribution is 7.89. The summed E-state index contributed by atoms with van der Waals surface area (Å²) >= 11 is 0. The van der Waals surface area contributed by atoms with Gasteiger partial charge in [-0.05, 0) is 12.0 Å². The van der Waals surface area contributed by atoms with Gasteiger partial charge in [0.25, 0.3) is 0 Å². The zero-order chi connectivity index (χ0) is 13.7. The molecule has 0 saturated carbocycles. The maximum Gasteiger partial charge on any atom is 0.215 e. The topological polar surface area (TPSA) is 70.4 Å². The molecule has 6 heteroatoms. The highest BCUT2D eigenvalue weighted by Crippen LogP contribution is 2.14. The van der Waals surface area contributed by atoms with E-state index in [2.05, 4.69) is 0 Å².